The van der Waals surface area contributed by atoms with E-state index in [1.54, 1.807) is 38.1 Å². The fraction of sp³-hybridized carbons (Fsp3) is 0.208. The van der Waals surface area contributed by atoms with Crippen LogP contribution in [0.2, 0.25) is 5.02 Å². The number of ether oxygens (including phenoxy) is 2. The van der Waals surface area contributed by atoms with Crippen LogP contribution in [0.3, 0.4) is 0 Å². The Morgan fingerprint density at radius 3 is 2.58 bits per heavy atom. The van der Waals surface area contributed by atoms with Crippen molar-refractivity contribution in [1.29, 1.82) is 0 Å². The van der Waals surface area contributed by atoms with Crippen LogP contribution in [0.15, 0.2) is 68.2 Å². The first-order valence-corrected chi connectivity index (χ1v) is 12.1. The molecule has 0 unspecified atom stereocenters. The number of carbonyl (C=O) groups excluding carboxylic acids is 2. The molecule has 1 amide bonds. The van der Waals surface area contributed by atoms with E-state index < -0.39 is 11.9 Å². The van der Waals surface area contributed by atoms with E-state index in [9.17, 15) is 14.7 Å². The van der Waals surface area contributed by atoms with Crippen molar-refractivity contribution in [2.45, 2.75) is 26.9 Å². The summed E-state index contributed by atoms with van der Waals surface area (Å²) in [6.07, 6.45) is 1.86. The first-order chi connectivity index (χ1) is 15.8. The van der Waals surface area contributed by atoms with Crippen molar-refractivity contribution >= 4 is 62.3 Å². The zero-order valence-electron chi connectivity index (χ0n) is 17.9. The van der Waals surface area contributed by atoms with Crippen LogP contribution in [0.5, 0.6) is 5.75 Å². The molecule has 0 aliphatic carbocycles. The summed E-state index contributed by atoms with van der Waals surface area (Å²) in [6, 6.07) is 12.8. The van der Waals surface area contributed by atoms with Crippen LogP contribution < -0.4 is 4.74 Å². The van der Waals surface area contributed by atoms with Gasteiger partial charge in [0.2, 0.25) is 5.91 Å². The highest BCUT2D eigenvalue weighted by Crippen LogP contribution is 2.40. The summed E-state index contributed by atoms with van der Waals surface area (Å²) in [7, 11) is 0. The van der Waals surface area contributed by atoms with Gasteiger partial charge in [0, 0.05) is 21.5 Å². The number of hydrogen-bond acceptors (Lipinski definition) is 6. The Hall–Kier alpha value is -2.55. The lowest BCUT2D eigenvalue weighted by Crippen LogP contribution is -2.14. The molecule has 172 valence electrons. The van der Waals surface area contributed by atoms with Gasteiger partial charge in [0.1, 0.15) is 28.7 Å². The highest BCUT2D eigenvalue weighted by Gasteiger charge is 2.33. The van der Waals surface area contributed by atoms with Crippen LogP contribution in [0.1, 0.15) is 31.4 Å². The van der Waals surface area contributed by atoms with E-state index in [4.69, 9.17) is 21.1 Å². The summed E-state index contributed by atoms with van der Waals surface area (Å²) in [5.41, 5.74) is 1.49. The molecule has 2 aromatic carbocycles. The molecule has 6 nitrogen and oxygen atoms in total. The first kappa shape index (κ1) is 25.1. The molecule has 0 atom stereocenters. The molecule has 0 bridgehead atoms. The number of nitrogens with zero attached hydrogens (tertiary/aromatic N) is 1. The van der Waals surface area contributed by atoms with Crippen molar-refractivity contribution in [1.82, 2.24) is 0 Å². The summed E-state index contributed by atoms with van der Waals surface area (Å²) >= 11 is 10.4. The molecule has 0 spiro atoms. The molecular weight excluding hydrogens is 530 g/mol. The quantitative estimate of drug-likeness (QED) is 0.397. The molecule has 1 aliphatic heterocycles. The fourth-order valence-electron chi connectivity index (χ4n) is 2.83. The van der Waals surface area contributed by atoms with Gasteiger partial charge in [-0.1, -0.05) is 58.3 Å². The summed E-state index contributed by atoms with van der Waals surface area (Å²) in [5.74, 6) is -0.851. The maximum atomic E-state index is 12.4. The summed E-state index contributed by atoms with van der Waals surface area (Å²) < 4.78 is 11.8. The summed E-state index contributed by atoms with van der Waals surface area (Å²) in [5, 5.41) is 11.5. The lowest BCUT2D eigenvalue weighted by molar-refractivity contribution is -0.138. The van der Waals surface area contributed by atoms with Crippen molar-refractivity contribution in [3.05, 3.63) is 79.3 Å². The predicted molar refractivity (Wildman–Crippen MR) is 135 cm³/mol. The van der Waals surface area contributed by atoms with Gasteiger partial charge in [-0.15, -0.1) is 0 Å². The van der Waals surface area contributed by atoms with Gasteiger partial charge in [-0.05, 0) is 48.9 Å². The number of aliphatic hydroxyl groups is 1. The third kappa shape index (κ3) is 6.50. The second kappa shape index (κ2) is 11.5. The van der Waals surface area contributed by atoms with E-state index in [0.29, 0.717) is 27.8 Å². The highest BCUT2D eigenvalue weighted by atomic mass is 79.9. The molecule has 9 heteroatoms. The zero-order valence-corrected chi connectivity index (χ0v) is 21.1. The van der Waals surface area contributed by atoms with Gasteiger partial charge in [-0.3, -0.25) is 4.79 Å². The minimum absolute atomic E-state index is 0.114. The molecule has 0 aromatic heterocycles. The topological polar surface area (TPSA) is 85.2 Å². The second-order valence-electron chi connectivity index (χ2n) is 6.82. The number of carbonyl (C=O) groups is 2. The highest BCUT2D eigenvalue weighted by molar-refractivity contribution is 9.10. The van der Waals surface area contributed by atoms with Crippen LogP contribution in [0.25, 0.3) is 6.08 Å². The van der Waals surface area contributed by atoms with E-state index in [1.807, 2.05) is 24.3 Å². The molecule has 2 aromatic rings. The Kier molecular flexibility index (Phi) is 8.77. The van der Waals surface area contributed by atoms with E-state index in [0.717, 1.165) is 21.8 Å². The number of hydrogen-bond donors (Lipinski definition) is 1. The number of thioether (sulfide) groups is 1. The molecule has 1 N–H and O–H groups in total. The Labute approximate surface area is 209 Å². The monoisotopic (exact) mass is 549 g/mol. The van der Waals surface area contributed by atoms with Crippen molar-refractivity contribution in [3.8, 4) is 5.75 Å². The largest absolute Gasteiger partial charge is 0.506 e. The van der Waals surface area contributed by atoms with Crippen molar-refractivity contribution in [2.75, 3.05) is 6.61 Å². The third-order valence-corrected chi connectivity index (χ3v) is 6.23. The Morgan fingerprint density at radius 1 is 1.18 bits per heavy atom. The standard InChI is InChI=1S/C24H21BrClNO5S/c1-3-20(28)27-23-21(24(30)31-4-2)22(29)19(33-23)12-15-11-16(25)7-10-18(15)32-13-14-5-8-17(26)9-6-14/h5-12,29H,3-4,13H2,1-2H3/b19-12-,27-23?. The molecular formula is C24H21BrClNO5S. The zero-order chi connectivity index (χ0) is 24.0. The average Bonchev–Trinajstić information content (AvgIpc) is 3.08. The molecule has 0 saturated heterocycles. The molecule has 0 fully saturated rings. The Morgan fingerprint density at radius 2 is 1.91 bits per heavy atom. The van der Waals surface area contributed by atoms with Gasteiger partial charge in [0.05, 0.1) is 11.5 Å². The summed E-state index contributed by atoms with van der Waals surface area (Å²) in [4.78, 5) is 28.6. The maximum Gasteiger partial charge on any atom is 0.344 e. The van der Waals surface area contributed by atoms with E-state index in [-0.39, 0.29) is 29.4 Å². The number of aliphatic hydroxyl groups excluding tert-OH is 1. The van der Waals surface area contributed by atoms with E-state index in [1.165, 1.54) is 0 Å². The lowest BCUT2D eigenvalue weighted by atomic mass is 10.1. The number of halogens is 2. The number of esters is 1. The van der Waals surface area contributed by atoms with Crippen LogP contribution in [0, 0.1) is 0 Å². The minimum Gasteiger partial charge on any atom is -0.506 e. The van der Waals surface area contributed by atoms with Gasteiger partial charge in [-0.2, -0.15) is 0 Å². The fourth-order valence-corrected chi connectivity index (χ4v) is 4.36. The molecule has 33 heavy (non-hydrogen) atoms. The Balaban J connectivity index is 1.96. The number of rotatable bonds is 7. The van der Waals surface area contributed by atoms with Gasteiger partial charge in [-0.25, -0.2) is 9.79 Å². The average molecular weight is 551 g/mol. The normalized spacial score (nSPS) is 15.9. The number of amides is 1. The van der Waals surface area contributed by atoms with E-state index >= 15 is 0 Å². The van der Waals surface area contributed by atoms with Crippen molar-refractivity contribution < 1.29 is 24.2 Å². The number of aliphatic imine (C=N–C) groups is 1. The molecule has 0 saturated carbocycles. The van der Waals surface area contributed by atoms with Gasteiger partial charge in [0.15, 0.2) is 0 Å². The predicted octanol–water partition coefficient (Wildman–Crippen LogP) is 6.48. The molecule has 3 rings (SSSR count). The smallest absolute Gasteiger partial charge is 0.344 e. The van der Waals surface area contributed by atoms with Crippen molar-refractivity contribution in [3.63, 3.8) is 0 Å². The van der Waals surface area contributed by atoms with Crippen LogP contribution in [-0.4, -0.2) is 28.6 Å². The first-order valence-electron chi connectivity index (χ1n) is 10.1. The number of benzene rings is 2. The maximum absolute atomic E-state index is 12.4. The van der Waals surface area contributed by atoms with Gasteiger partial charge in [0.25, 0.3) is 0 Å². The van der Waals surface area contributed by atoms with Crippen LogP contribution in [0.4, 0.5) is 0 Å². The van der Waals surface area contributed by atoms with Gasteiger partial charge < -0.3 is 14.6 Å². The third-order valence-electron chi connectivity index (χ3n) is 4.46. The molecule has 1 aliphatic rings. The molecule has 0 radical (unpaired) electrons. The summed E-state index contributed by atoms with van der Waals surface area (Å²) in [6.45, 7) is 3.77. The lowest BCUT2D eigenvalue weighted by Gasteiger charge is -2.11. The van der Waals surface area contributed by atoms with Gasteiger partial charge >= 0.3 is 5.97 Å². The second-order valence-corrected chi connectivity index (χ2v) is 9.20. The Bertz CT molecular complexity index is 1160. The SMILES string of the molecule is CCOC(=O)C1=C(O)/C(=C/c2cc(Br)ccc2OCc2ccc(Cl)cc2)SC1=NC(=O)CC. The van der Waals surface area contributed by atoms with Crippen LogP contribution in [-0.2, 0) is 20.9 Å². The molecule has 1 heterocycles. The van der Waals surface area contributed by atoms with Crippen LogP contribution >= 0.6 is 39.3 Å². The minimum atomic E-state index is -0.734. The van der Waals surface area contributed by atoms with E-state index in [2.05, 4.69) is 20.9 Å². The van der Waals surface area contributed by atoms with Crippen molar-refractivity contribution in [2.24, 2.45) is 4.99 Å².